The fraction of sp³-hybridized carbons (Fsp3) is 0.412. The van der Waals surface area contributed by atoms with Gasteiger partial charge in [-0.1, -0.05) is 12.2 Å². The number of carbonyl (C=O) groups is 2. The first-order valence-corrected chi connectivity index (χ1v) is 7.48. The second kappa shape index (κ2) is 3.62. The molecule has 4 heteroatoms. The van der Waals surface area contributed by atoms with Gasteiger partial charge in [-0.25, -0.2) is 4.39 Å². The lowest BCUT2D eigenvalue weighted by Crippen LogP contribution is -2.40. The van der Waals surface area contributed by atoms with Crippen LogP contribution in [0, 0.1) is 41.3 Å². The molecule has 0 aromatic heterocycles. The minimum absolute atomic E-state index is 0.0960. The molecule has 1 aromatic rings. The number of allylic oxidation sites excluding steroid dienone is 2. The molecule has 1 heterocycles. The van der Waals surface area contributed by atoms with Crippen LogP contribution in [0.15, 0.2) is 36.4 Å². The summed E-state index contributed by atoms with van der Waals surface area (Å²) < 4.78 is 13.1. The number of rotatable bonds is 1. The molecule has 0 spiro atoms. The second-order valence-corrected chi connectivity index (χ2v) is 6.64. The second-order valence-electron chi connectivity index (χ2n) is 6.64. The zero-order valence-electron chi connectivity index (χ0n) is 11.3. The average molecular weight is 283 g/mol. The summed E-state index contributed by atoms with van der Waals surface area (Å²) in [6.45, 7) is 0. The number of nitrogens with zero attached hydrogens (tertiary/aromatic N) is 1. The molecule has 0 N–H and O–H groups in total. The van der Waals surface area contributed by atoms with Crippen molar-refractivity contribution in [3.8, 4) is 0 Å². The van der Waals surface area contributed by atoms with Crippen molar-refractivity contribution in [3.63, 3.8) is 0 Å². The standard InChI is InChI=1S/C17H14FNO2/c18-8-1-3-9(4-2-8)19-16(20)14-10-5-6-11(13-7-12(10)13)15(14)17(19)21/h1-6,10-15H,7H2/t10-,11-,12-,13+,14+,15-/m1/s1. The zero-order chi connectivity index (χ0) is 14.3. The molecule has 1 aliphatic heterocycles. The third kappa shape index (κ3) is 1.33. The molecule has 1 saturated heterocycles. The molecule has 5 aliphatic rings. The first-order chi connectivity index (χ1) is 10.2. The van der Waals surface area contributed by atoms with Crippen molar-refractivity contribution >= 4 is 17.5 Å². The summed E-state index contributed by atoms with van der Waals surface area (Å²) in [5.41, 5.74) is 0.494. The molecule has 2 amide bonds. The van der Waals surface area contributed by atoms with Crippen molar-refractivity contribution in [1.29, 1.82) is 0 Å². The van der Waals surface area contributed by atoms with Gasteiger partial charge in [0.25, 0.3) is 0 Å². The summed E-state index contributed by atoms with van der Waals surface area (Å²) in [5.74, 6) is 0.722. The zero-order valence-corrected chi connectivity index (χ0v) is 11.3. The Balaban J connectivity index is 1.58. The van der Waals surface area contributed by atoms with Crippen molar-refractivity contribution in [2.45, 2.75) is 6.42 Å². The van der Waals surface area contributed by atoms with Gasteiger partial charge < -0.3 is 0 Å². The Morgan fingerprint density at radius 1 is 0.905 bits per heavy atom. The molecule has 4 aliphatic carbocycles. The van der Waals surface area contributed by atoms with E-state index in [1.165, 1.54) is 29.2 Å². The van der Waals surface area contributed by atoms with Gasteiger partial charge in [0.15, 0.2) is 0 Å². The third-order valence-electron chi connectivity index (χ3n) is 5.75. The van der Waals surface area contributed by atoms with Gasteiger partial charge in [0, 0.05) is 0 Å². The summed E-state index contributed by atoms with van der Waals surface area (Å²) >= 11 is 0. The lowest BCUT2D eigenvalue weighted by atomic mass is 9.63. The molecule has 2 bridgehead atoms. The summed E-state index contributed by atoms with van der Waals surface area (Å²) in [5, 5.41) is 0. The van der Waals surface area contributed by atoms with E-state index in [4.69, 9.17) is 0 Å². The molecule has 6 rings (SSSR count). The SMILES string of the molecule is O=C1[C@@H]2[C@@H]3C=C[C@H]([C@H]4C[C@@H]34)[C@@H]2C(=O)N1c1ccc(F)cc1. The highest BCUT2D eigenvalue weighted by Gasteiger charge is 2.67. The summed E-state index contributed by atoms with van der Waals surface area (Å²) in [7, 11) is 0. The number of benzene rings is 1. The van der Waals surface area contributed by atoms with Crippen LogP contribution in [0.1, 0.15) is 6.42 Å². The van der Waals surface area contributed by atoms with Crippen molar-refractivity contribution in [2.24, 2.45) is 35.5 Å². The number of halogens is 1. The Bertz CT molecular complexity index is 659. The van der Waals surface area contributed by atoms with E-state index in [9.17, 15) is 14.0 Å². The van der Waals surface area contributed by atoms with E-state index in [0.29, 0.717) is 17.5 Å². The first kappa shape index (κ1) is 11.7. The van der Waals surface area contributed by atoms with Crippen LogP contribution < -0.4 is 4.90 Å². The molecule has 0 radical (unpaired) electrons. The Hall–Kier alpha value is -1.97. The molecule has 106 valence electrons. The monoisotopic (exact) mass is 283 g/mol. The molecular formula is C17H14FNO2. The molecule has 1 aromatic carbocycles. The van der Waals surface area contributed by atoms with E-state index in [1.54, 1.807) is 0 Å². The highest BCUT2D eigenvalue weighted by Crippen LogP contribution is 2.65. The molecule has 3 nitrogen and oxygen atoms in total. The largest absolute Gasteiger partial charge is 0.274 e. The van der Waals surface area contributed by atoms with Crippen molar-refractivity contribution < 1.29 is 14.0 Å². The molecule has 21 heavy (non-hydrogen) atoms. The highest BCUT2D eigenvalue weighted by atomic mass is 19.1. The van der Waals surface area contributed by atoms with Crippen LogP contribution in [-0.2, 0) is 9.59 Å². The maximum atomic E-state index is 13.1. The minimum Gasteiger partial charge on any atom is -0.274 e. The quantitative estimate of drug-likeness (QED) is 0.586. The van der Waals surface area contributed by atoms with Gasteiger partial charge in [-0.05, 0) is 54.4 Å². The lowest BCUT2D eigenvalue weighted by Gasteiger charge is -2.37. The summed E-state index contributed by atoms with van der Waals surface area (Å²) in [6, 6.07) is 5.61. The molecule has 6 atom stereocenters. The Kier molecular flexibility index (Phi) is 2.01. The van der Waals surface area contributed by atoms with Gasteiger partial charge in [0.05, 0.1) is 17.5 Å². The Morgan fingerprint density at radius 3 is 1.95 bits per heavy atom. The van der Waals surface area contributed by atoms with Crippen LogP contribution in [0.25, 0.3) is 0 Å². The first-order valence-electron chi connectivity index (χ1n) is 7.48. The van der Waals surface area contributed by atoms with Gasteiger partial charge in [-0.3, -0.25) is 14.5 Å². The molecule has 2 saturated carbocycles. The van der Waals surface area contributed by atoms with Crippen LogP contribution in [-0.4, -0.2) is 11.8 Å². The summed E-state index contributed by atoms with van der Waals surface area (Å²) in [4.78, 5) is 26.8. The highest BCUT2D eigenvalue weighted by molar-refractivity contribution is 6.22. The number of imide groups is 1. The van der Waals surface area contributed by atoms with E-state index in [2.05, 4.69) is 12.2 Å². The lowest BCUT2D eigenvalue weighted by molar-refractivity contribution is -0.124. The van der Waals surface area contributed by atoms with E-state index in [0.717, 1.165) is 6.42 Å². The maximum Gasteiger partial charge on any atom is 0.238 e. The van der Waals surface area contributed by atoms with Gasteiger partial charge in [0.2, 0.25) is 11.8 Å². The molecular weight excluding hydrogens is 269 g/mol. The number of hydrogen-bond donors (Lipinski definition) is 0. The van der Waals surface area contributed by atoms with Crippen LogP contribution in [0.2, 0.25) is 0 Å². The fourth-order valence-electron chi connectivity index (χ4n) is 4.80. The van der Waals surface area contributed by atoms with Gasteiger partial charge in [-0.15, -0.1) is 0 Å². The van der Waals surface area contributed by atoms with Crippen molar-refractivity contribution in [1.82, 2.24) is 0 Å². The number of amides is 2. The minimum atomic E-state index is -0.363. The molecule has 3 fully saturated rings. The van der Waals surface area contributed by atoms with E-state index >= 15 is 0 Å². The number of carbonyl (C=O) groups excluding carboxylic acids is 2. The smallest absolute Gasteiger partial charge is 0.238 e. The van der Waals surface area contributed by atoms with Gasteiger partial charge in [0.1, 0.15) is 5.82 Å². The van der Waals surface area contributed by atoms with Gasteiger partial charge >= 0.3 is 0 Å². The van der Waals surface area contributed by atoms with E-state index < -0.39 is 0 Å². The normalized spacial score (nSPS) is 42.2. The third-order valence-corrected chi connectivity index (χ3v) is 5.75. The maximum absolute atomic E-state index is 13.1. The fourth-order valence-corrected chi connectivity index (χ4v) is 4.80. The van der Waals surface area contributed by atoms with E-state index in [1.807, 2.05) is 0 Å². The number of anilines is 1. The molecule has 0 unspecified atom stereocenters. The van der Waals surface area contributed by atoms with E-state index in [-0.39, 0.29) is 41.3 Å². The van der Waals surface area contributed by atoms with Crippen LogP contribution >= 0.6 is 0 Å². The van der Waals surface area contributed by atoms with Crippen LogP contribution in [0.5, 0.6) is 0 Å². The Labute approximate surface area is 121 Å². The van der Waals surface area contributed by atoms with Gasteiger partial charge in [-0.2, -0.15) is 0 Å². The van der Waals surface area contributed by atoms with Crippen LogP contribution in [0.3, 0.4) is 0 Å². The van der Waals surface area contributed by atoms with Crippen molar-refractivity contribution in [3.05, 3.63) is 42.2 Å². The number of hydrogen-bond acceptors (Lipinski definition) is 2. The Morgan fingerprint density at radius 2 is 1.43 bits per heavy atom. The predicted molar refractivity (Wildman–Crippen MR) is 73.6 cm³/mol. The summed E-state index contributed by atoms with van der Waals surface area (Å²) in [6.07, 6.45) is 5.46. The van der Waals surface area contributed by atoms with Crippen LogP contribution in [0.4, 0.5) is 10.1 Å². The average Bonchev–Trinajstić information content (AvgIpc) is 3.26. The predicted octanol–water partition coefficient (Wildman–Crippen LogP) is 2.38. The van der Waals surface area contributed by atoms with Crippen molar-refractivity contribution in [2.75, 3.05) is 4.90 Å². The topological polar surface area (TPSA) is 37.4 Å².